The van der Waals surface area contributed by atoms with Gasteiger partial charge in [0, 0.05) is 31.0 Å². The Bertz CT molecular complexity index is 733. The molecule has 0 amide bonds. The number of aliphatic hydroxyl groups is 1. The van der Waals surface area contributed by atoms with Gasteiger partial charge >= 0.3 is 5.97 Å². The normalized spacial score (nSPS) is 20.8. The first-order valence-corrected chi connectivity index (χ1v) is 8.41. The minimum atomic E-state index is -0.947. The highest BCUT2D eigenvalue weighted by molar-refractivity contribution is 6.33. The van der Waals surface area contributed by atoms with E-state index in [1.54, 1.807) is 12.2 Å². The molecule has 2 aliphatic rings. The molecule has 0 bridgehead atoms. The fraction of sp³-hybridized carbons (Fsp3) is 0.500. The van der Waals surface area contributed by atoms with E-state index < -0.39 is 11.6 Å². The van der Waals surface area contributed by atoms with Gasteiger partial charge < -0.3 is 14.7 Å². The fourth-order valence-corrected chi connectivity index (χ4v) is 3.89. The van der Waals surface area contributed by atoms with E-state index >= 15 is 0 Å². The third kappa shape index (κ3) is 2.51. The van der Waals surface area contributed by atoms with E-state index in [0.29, 0.717) is 36.5 Å². The predicted octanol–water partition coefficient (Wildman–Crippen LogP) is 3.49. The SMILES string of the molecule is CON1CCC2(CC1)OC(=O)C(c1c(C)cc(C)c(Cl)c1C)=C2O. The molecule has 0 aliphatic carbocycles. The van der Waals surface area contributed by atoms with E-state index in [1.165, 1.54) is 0 Å². The van der Waals surface area contributed by atoms with Crippen molar-refractivity contribution in [2.45, 2.75) is 39.2 Å². The van der Waals surface area contributed by atoms with Crippen molar-refractivity contribution in [1.82, 2.24) is 5.06 Å². The Labute approximate surface area is 146 Å². The van der Waals surface area contributed by atoms with Crippen molar-refractivity contribution in [3.63, 3.8) is 0 Å². The number of benzene rings is 1. The summed E-state index contributed by atoms with van der Waals surface area (Å²) in [7, 11) is 1.61. The molecule has 6 heteroatoms. The molecule has 1 fully saturated rings. The molecule has 24 heavy (non-hydrogen) atoms. The van der Waals surface area contributed by atoms with Crippen LogP contribution in [0.15, 0.2) is 11.8 Å². The summed E-state index contributed by atoms with van der Waals surface area (Å²) in [4.78, 5) is 17.8. The fourth-order valence-electron chi connectivity index (χ4n) is 3.74. The molecule has 0 radical (unpaired) electrons. The highest BCUT2D eigenvalue weighted by Gasteiger charge is 2.50. The van der Waals surface area contributed by atoms with E-state index in [2.05, 4.69) is 0 Å². The Hall–Kier alpha value is -1.56. The number of halogens is 1. The van der Waals surface area contributed by atoms with Crippen molar-refractivity contribution < 1.29 is 19.5 Å². The zero-order chi connectivity index (χ0) is 17.6. The Balaban J connectivity index is 2.09. The van der Waals surface area contributed by atoms with Crippen molar-refractivity contribution in [1.29, 1.82) is 0 Å². The quantitative estimate of drug-likeness (QED) is 0.826. The minimum absolute atomic E-state index is 0.0226. The average molecular weight is 352 g/mol. The van der Waals surface area contributed by atoms with Gasteiger partial charge in [-0.05, 0) is 43.0 Å². The van der Waals surface area contributed by atoms with Crippen molar-refractivity contribution in [2.75, 3.05) is 20.2 Å². The summed E-state index contributed by atoms with van der Waals surface area (Å²) in [5, 5.41) is 13.3. The summed E-state index contributed by atoms with van der Waals surface area (Å²) >= 11 is 6.36. The van der Waals surface area contributed by atoms with Gasteiger partial charge in [0.05, 0.1) is 7.11 Å². The third-order valence-electron chi connectivity index (χ3n) is 5.08. The largest absolute Gasteiger partial charge is 0.507 e. The highest BCUT2D eigenvalue weighted by atomic mass is 35.5. The van der Waals surface area contributed by atoms with Crippen LogP contribution in [0.2, 0.25) is 5.02 Å². The molecular weight excluding hydrogens is 330 g/mol. The standard InChI is InChI=1S/C18H22ClNO4/c1-10-9-11(2)15(19)12(3)13(10)14-16(21)18(24-17(14)22)5-7-20(23-4)8-6-18/h9,21H,5-8H2,1-4H3. The van der Waals surface area contributed by atoms with Crippen molar-refractivity contribution in [3.8, 4) is 0 Å². The van der Waals surface area contributed by atoms with Crippen LogP contribution < -0.4 is 0 Å². The molecule has 1 aromatic rings. The minimum Gasteiger partial charge on any atom is -0.507 e. The number of ether oxygens (including phenoxy) is 1. The van der Waals surface area contributed by atoms with Gasteiger partial charge in [0.2, 0.25) is 0 Å². The van der Waals surface area contributed by atoms with Crippen LogP contribution in [0.25, 0.3) is 5.57 Å². The van der Waals surface area contributed by atoms with Gasteiger partial charge in [0.25, 0.3) is 0 Å². The summed E-state index contributed by atoms with van der Waals surface area (Å²) in [6.07, 6.45) is 0.999. The number of nitrogens with zero attached hydrogens (tertiary/aromatic N) is 1. The number of hydrogen-bond acceptors (Lipinski definition) is 5. The molecule has 1 aromatic carbocycles. The Morgan fingerprint density at radius 1 is 1.25 bits per heavy atom. The molecule has 130 valence electrons. The molecule has 2 aliphatic heterocycles. The van der Waals surface area contributed by atoms with Gasteiger partial charge in [-0.15, -0.1) is 0 Å². The number of piperidine rings is 1. The van der Waals surface area contributed by atoms with Crippen LogP contribution in [0.5, 0.6) is 0 Å². The Morgan fingerprint density at radius 3 is 2.46 bits per heavy atom. The molecule has 0 unspecified atom stereocenters. The Morgan fingerprint density at radius 2 is 1.88 bits per heavy atom. The van der Waals surface area contributed by atoms with Gasteiger partial charge in [-0.2, -0.15) is 5.06 Å². The van der Waals surface area contributed by atoms with E-state index in [9.17, 15) is 9.90 Å². The molecule has 1 N–H and O–H groups in total. The first kappa shape index (κ1) is 17.3. The van der Waals surface area contributed by atoms with Crippen LogP contribution in [0.3, 0.4) is 0 Å². The van der Waals surface area contributed by atoms with E-state index in [0.717, 1.165) is 16.7 Å². The third-order valence-corrected chi connectivity index (χ3v) is 5.66. The summed E-state index contributed by atoms with van der Waals surface area (Å²) in [5.41, 5.74) is 2.62. The van der Waals surface area contributed by atoms with Crippen LogP contribution in [0.1, 0.15) is 35.1 Å². The molecule has 0 atom stereocenters. The lowest BCUT2D eigenvalue weighted by Crippen LogP contribution is -2.45. The van der Waals surface area contributed by atoms with Crippen molar-refractivity contribution in [2.24, 2.45) is 0 Å². The average Bonchev–Trinajstić information content (AvgIpc) is 2.78. The van der Waals surface area contributed by atoms with Crippen molar-refractivity contribution >= 4 is 23.1 Å². The maximum atomic E-state index is 12.6. The second kappa shape index (κ2) is 6.06. The summed E-state index contributed by atoms with van der Waals surface area (Å²) in [5.74, 6) is -0.459. The van der Waals surface area contributed by atoms with Gasteiger partial charge in [-0.25, -0.2) is 4.79 Å². The lowest BCUT2D eigenvalue weighted by molar-refractivity contribution is -0.182. The molecule has 2 heterocycles. The van der Waals surface area contributed by atoms with E-state index in [-0.39, 0.29) is 11.3 Å². The van der Waals surface area contributed by atoms with Crippen LogP contribution in [0, 0.1) is 20.8 Å². The summed E-state index contributed by atoms with van der Waals surface area (Å²) < 4.78 is 5.65. The summed E-state index contributed by atoms with van der Waals surface area (Å²) in [6.45, 7) is 6.89. The number of carbonyl (C=O) groups excluding carboxylic acids is 1. The number of carbonyl (C=O) groups is 1. The highest BCUT2D eigenvalue weighted by Crippen LogP contribution is 2.45. The molecule has 3 rings (SSSR count). The zero-order valence-electron chi connectivity index (χ0n) is 14.4. The summed E-state index contributed by atoms with van der Waals surface area (Å²) in [6, 6.07) is 1.93. The van der Waals surface area contributed by atoms with Gasteiger partial charge in [-0.3, -0.25) is 0 Å². The van der Waals surface area contributed by atoms with Gasteiger partial charge in [-0.1, -0.05) is 17.7 Å². The van der Waals surface area contributed by atoms with E-state index in [1.807, 2.05) is 26.8 Å². The number of esters is 1. The molecular formula is C18H22ClNO4. The topological polar surface area (TPSA) is 59.0 Å². The lowest BCUT2D eigenvalue weighted by Gasteiger charge is -2.36. The molecule has 0 aromatic heterocycles. The molecule has 5 nitrogen and oxygen atoms in total. The van der Waals surface area contributed by atoms with Crippen LogP contribution in [0.4, 0.5) is 0 Å². The lowest BCUT2D eigenvalue weighted by atomic mass is 9.86. The molecule has 0 saturated carbocycles. The number of aryl methyl sites for hydroxylation is 2. The maximum absolute atomic E-state index is 12.6. The van der Waals surface area contributed by atoms with Crippen LogP contribution in [-0.2, 0) is 14.4 Å². The van der Waals surface area contributed by atoms with Crippen LogP contribution in [-0.4, -0.2) is 41.9 Å². The van der Waals surface area contributed by atoms with Gasteiger partial charge in [0.15, 0.2) is 11.4 Å². The molecule has 1 saturated heterocycles. The number of hydrogen-bond donors (Lipinski definition) is 1. The second-order valence-corrected chi connectivity index (χ2v) is 6.92. The maximum Gasteiger partial charge on any atom is 0.343 e. The van der Waals surface area contributed by atoms with Crippen molar-refractivity contribution in [3.05, 3.63) is 39.1 Å². The zero-order valence-corrected chi connectivity index (χ0v) is 15.2. The number of rotatable bonds is 2. The first-order chi connectivity index (χ1) is 11.3. The van der Waals surface area contributed by atoms with Crippen LogP contribution >= 0.6 is 11.6 Å². The Kier molecular flexibility index (Phi) is 4.36. The smallest absolute Gasteiger partial charge is 0.343 e. The monoisotopic (exact) mass is 351 g/mol. The predicted molar refractivity (Wildman–Crippen MR) is 91.9 cm³/mol. The number of aliphatic hydroxyl groups excluding tert-OH is 1. The van der Waals surface area contributed by atoms with E-state index in [4.69, 9.17) is 21.2 Å². The second-order valence-electron chi connectivity index (χ2n) is 6.54. The van der Waals surface area contributed by atoms with Gasteiger partial charge in [0.1, 0.15) is 5.57 Å². The number of hydroxylamine groups is 2. The molecule has 1 spiro atoms. The first-order valence-electron chi connectivity index (χ1n) is 8.03.